The summed E-state index contributed by atoms with van der Waals surface area (Å²) in [5.74, 6) is -2.83. The molecule has 1 aliphatic carbocycles. The molecule has 0 spiro atoms. The largest absolute Gasteiger partial charge is 0.467 e. The fourth-order valence-electron chi connectivity index (χ4n) is 6.33. The van der Waals surface area contributed by atoms with Crippen LogP contribution >= 0.6 is 0 Å². The molecule has 1 heterocycles. The number of Topliss-reactive ketones (excluding diaryl/α,β-unsaturated/α-hetero) is 1. The summed E-state index contributed by atoms with van der Waals surface area (Å²) in [5.41, 5.74) is -1.81. The van der Waals surface area contributed by atoms with Gasteiger partial charge in [-0.2, -0.15) is 0 Å². The standard InChI is InChI=1S/C28H31NO6/c1-5-16-29-17-21(18(2)30)27(20-14-10-7-11-15-20)23(19-12-8-6-9-13-19)22(25(32)34-3)24(31)28(27,29)26(33)35-4/h6-15,18,21,30H,5,16-17H2,1-4H3/t18-,21+,27-,28-/m1/s1. The SMILES string of the molecule is CCCN1C[C@@H]([C@@H](C)O)[C@]2(c3ccccc3)C(c3ccccc3)=C(C(=O)OC)C(=O)[C@]12C(=O)OC. The van der Waals surface area contributed by atoms with Crippen LogP contribution in [0.1, 0.15) is 31.4 Å². The number of aliphatic hydroxyl groups is 1. The van der Waals surface area contributed by atoms with Gasteiger partial charge in [0.1, 0.15) is 5.57 Å². The third-order valence-corrected chi connectivity index (χ3v) is 7.46. The van der Waals surface area contributed by atoms with Crippen molar-refractivity contribution in [3.63, 3.8) is 0 Å². The highest BCUT2D eigenvalue weighted by Gasteiger charge is 2.79. The lowest BCUT2D eigenvalue weighted by atomic mass is 9.57. The van der Waals surface area contributed by atoms with Crippen LogP contribution in [0.4, 0.5) is 0 Å². The molecule has 0 saturated carbocycles. The summed E-state index contributed by atoms with van der Waals surface area (Å²) in [6.45, 7) is 4.29. The molecule has 4 atom stereocenters. The number of esters is 2. The first kappa shape index (κ1) is 24.8. The summed E-state index contributed by atoms with van der Waals surface area (Å²) in [7, 11) is 2.47. The van der Waals surface area contributed by atoms with Crippen molar-refractivity contribution in [1.29, 1.82) is 0 Å². The average Bonchev–Trinajstić information content (AvgIpc) is 3.31. The third-order valence-electron chi connectivity index (χ3n) is 7.46. The molecule has 2 aromatic rings. The van der Waals surface area contributed by atoms with Gasteiger partial charge < -0.3 is 14.6 Å². The van der Waals surface area contributed by atoms with Crippen molar-refractivity contribution >= 4 is 23.3 Å². The molecule has 7 nitrogen and oxygen atoms in total. The minimum absolute atomic E-state index is 0.181. The Labute approximate surface area is 205 Å². The highest BCUT2D eigenvalue weighted by molar-refractivity contribution is 6.37. The van der Waals surface area contributed by atoms with Gasteiger partial charge in [-0.05, 0) is 36.6 Å². The molecule has 0 aromatic heterocycles. The monoisotopic (exact) mass is 477 g/mol. The molecular weight excluding hydrogens is 446 g/mol. The number of carbonyl (C=O) groups excluding carboxylic acids is 3. The lowest BCUT2D eigenvalue weighted by Gasteiger charge is -2.46. The number of rotatable bonds is 7. The van der Waals surface area contributed by atoms with Crippen molar-refractivity contribution in [3.05, 3.63) is 77.4 Å². The number of ketones is 1. The Morgan fingerprint density at radius 3 is 2.17 bits per heavy atom. The van der Waals surface area contributed by atoms with Gasteiger partial charge in [-0.15, -0.1) is 0 Å². The summed E-state index contributed by atoms with van der Waals surface area (Å²) in [4.78, 5) is 43.6. The second-order valence-corrected chi connectivity index (χ2v) is 9.11. The first-order valence-corrected chi connectivity index (χ1v) is 11.8. The van der Waals surface area contributed by atoms with Crippen LogP contribution in [0.15, 0.2) is 66.2 Å². The van der Waals surface area contributed by atoms with E-state index >= 15 is 0 Å². The molecule has 1 aliphatic heterocycles. The number of nitrogens with zero attached hydrogens (tertiary/aromatic N) is 1. The van der Waals surface area contributed by atoms with Crippen LogP contribution in [0, 0.1) is 5.92 Å². The molecule has 2 aliphatic rings. The van der Waals surface area contributed by atoms with Crippen molar-refractivity contribution in [3.8, 4) is 0 Å². The number of benzene rings is 2. The topological polar surface area (TPSA) is 93.1 Å². The lowest BCUT2D eigenvalue weighted by molar-refractivity contribution is -0.160. The molecule has 0 unspecified atom stereocenters. The van der Waals surface area contributed by atoms with Crippen molar-refractivity contribution in [2.45, 2.75) is 37.3 Å². The number of carbonyl (C=O) groups is 3. The maximum atomic E-state index is 14.5. The molecule has 1 saturated heterocycles. The van der Waals surface area contributed by atoms with E-state index in [1.807, 2.05) is 67.6 Å². The summed E-state index contributed by atoms with van der Waals surface area (Å²) in [5, 5.41) is 11.2. The Balaban J connectivity index is 2.27. The zero-order valence-electron chi connectivity index (χ0n) is 20.5. The van der Waals surface area contributed by atoms with Crippen LogP contribution in [0.25, 0.3) is 5.57 Å². The molecular formula is C28H31NO6. The maximum Gasteiger partial charge on any atom is 0.341 e. The number of methoxy groups -OCH3 is 2. The predicted octanol–water partition coefficient (Wildman–Crippen LogP) is 2.77. The minimum atomic E-state index is -1.88. The Morgan fingerprint density at radius 2 is 1.66 bits per heavy atom. The summed E-state index contributed by atoms with van der Waals surface area (Å²) in [6, 6.07) is 18.3. The zero-order chi connectivity index (χ0) is 25.4. The van der Waals surface area contributed by atoms with E-state index in [2.05, 4.69) is 0 Å². The average molecular weight is 478 g/mol. The molecule has 1 N–H and O–H groups in total. The van der Waals surface area contributed by atoms with E-state index in [9.17, 15) is 19.5 Å². The van der Waals surface area contributed by atoms with Gasteiger partial charge in [-0.25, -0.2) is 9.59 Å². The molecule has 4 rings (SSSR count). The first-order chi connectivity index (χ1) is 16.8. The molecule has 7 heteroatoms. The van der Waals surface area contributed by atoms with Crippen molar-refractivity contribution < 1.29 is 29.0 Å². The minimum Gasteiger partial charge on any atom is -0.467 e. The Bertz CT molecular complexity index is 1160. The predicted molar refractivity (Wildman–Crippen MR) is 130 cm³/mol. The first-order valence-electron chi connectivity index (χ1n) is 11.8. The Morgan fingerprint density at radius 1 is 1.06 bits per heavy atom. The van der Waals surface area contributed by atoms with Gasteiger partial charge in [0, 0.05) is 12.5 Å². The van der Waals surface area contributed by atoms with E-state index in [0.29, 0.717) is 29.7 Å². The second-order valence-electron chi connectivity index (χ2n) is 9.11. The summed E-state index contributed by atoms with van der Waals surface area (Å²) >= 11 is 0. The van der Waals surface area contributed by atoms with Crippen molar-refractivity contribution in [1.82, 2.24) is 4.90 Å². The van der Waals surface area contributed by atoms with Crippen LogP contribution in [-0.4, -0.2) is 66.7 Å². The fraction of sp³-hybridized carbons (Fsp3) is 0.393. The van der Waals surface area contributed by atoms with Gasteiger partial charge >= 0.3 is 11.9 Å². The van der Waals surface area contributed by atoms with Crippen molar-refractivity contribution in [2.75, 3.05) is 27.3 Å². The zero-order valence-corrected chi connectivity index (χ0v) is 20.5. The lowest BCUT2D eigenvalue weighted by Crippen LogP contribution is -2.65. The number of aliphatic hydroxyl groups excluding tert-OH is 1. The number of hydrogen-bond donors (Lipinski definition) is 1. The Kier molecular flexibility index (Phi) is 6.66. The van der Waals surface area contributed by atoms with Crippen LogP contribution in [0.2, 0.25) is 0 Å². The quantitative estimate of drug-likeness (QED) is 0.372. The maximum absolute atomic E-state index is 14.5. The van der Waals surface area contributed by atoms with E-state index < -0.39 is 40.7 Å². The molecule has 1 fully saturated rings. The number of fused-ring (bicyclic) bond motifs is 1. The van der Waals surface area contributed by atoms with Crippen LogP contribution < -0.4 is 0 Å². The van der Waals surface area contributed by atoms with Gasteiger partial charge in [0.05, 0.1) is 25.7 Å². The van der Waals surface area contributed by atoms with Gasteiger partial charge in [-0.3, -0.25) is 9.69 Å². The van der Waals surface area contributed by atoms with Crippen LogP contribution in [0.3, 0.4) is 0 Å². The van der Waals surface area contributed by atoms with Gasteiger partial charge in [0.25, 0.3) is 0 Å². The van der Waals surface area contributed by atoms with E-state index in [4.69, 9.17) is 9.47 Å². The van der Waals surface area contributed by atoms with E-state index in [1.165, 1.54) is 14.2 Å². The molecule has 184 valence electrons. The highest BCUT2D eigenvalue weighted by Crippen LogP contribution is 2.65. The van der Waals surface area contributed by atoms with Crippen LogP contribution in [0.5, 0.6) is 0 Å². The van der Waals surface area contributed by atoms with Gasteiger partial charge in [0.15, 0.2) is 5.54 Å². The highest BCUT2D eigenvalue weighted by atomic mass is 16.5. The number of hydrogen-bond acceptors (Lipinski definition) is 7. The third kappa shape index (κ3) is 3.22. The summed E-state index contributed by atoms with van der Waals surface area (Å²) < 4.78 is 10.4. The molecule has 0 amide bonds. The Hall–Kier alpha value is -3.29. The molecule has 2 aromatic carbocycles. The molecule has 0 bridgehead atoms. The normalized spacial score (nSPS) is 27.0. The van der Waals surface area contributed by atoms with Gasteiger partial charge in [-0.1, -0.05) is 67.6 Å². The van der Waals surface area contributed by atoms with Gasteiger partial charge in [0.2, 0.25) is 5.78 Å². The van der Waals surface area contributed by atoms with E-state index in [1.54, 1.807) is 11.8 Å². The summed E-state index contributed by atoms with van der Waals surface area (Å²) in [6.07, 6.45) is -0.262. The molecule has 35 heavy (non-hydrogen) atoms. The van der Waals surface area contributed by atoms with Crippen LogP contribution in [-0.2, 0) is 29.3 Å². The van der Waals surface area contributed by atoms with E-state index in [0.717, 1.165) is 0 Å². The number of ether oxygens (including phenoxy) is 2. The second kappa shape index (κ2) is 9.40. The smallest absolute Gasteiger partial charge is 0.341 e. The number of likely N-dealkylation sites (tertiary alicyclic amines) is 1. The van der Waals surface area contributed by atoms with Crippen molar-refractivity contribution in [2.24, 2.45) is 5.92 Å². The fourth-order valence-corrected chi connectivity index (χ4v) is 6.33. The van der Waals surface area contributed by atoms with E-state index in [-0.39, 0.29) is 12.1 Å². The molecule has 0 radical (unpaired) electrons.